The third-order valence-corrected chi connectivity index (χ3v) is 4.18. The Balaban J connectivity index is 2.09. The van der Waals surface area contributed by atoms with Crippen molar-refractivity contribution >= 4 is 5.57 Å². The molecule has 1 saturated carbocycles. The van der Waals surface area contributed by atoms with E-state index < -0.39 is 0 Å². The normalized spacial score (nSPS) is 20.1. The van der Waals surface area contributed by atoms with Gasteiger partial charge in [-0.2, -0.15) is 0 Å². The smallest absolute Gasteiger partial charge is 0.0698 e. The molecule has 0 radical (unpaired) electrons. The van der Waals surface area contributed by atoms with E-state index in [0.717, 1.165) is 11.5 Å². The Labute approximate surface area is 117 Å². The maximum atomic E-state index is 9.40. The first-order valence-electron chi connectivity index (χ1n) is 7.63. The van der Waals surface area contributed by atoms with E-state index in [1.54, 1.807) is 6.92 Å². The molecule has 0 aromatic heterocycles. The van der Waals surface area contributed by atoms with Crippen LogP contribution in [0, 0.1) is 0 Å². The average molecular weight is 258 g/mol. The molecule has 1 aliphatic rings. The second kappa shape index (κ2) is 6.91. The highest BCUT2D eigenvalue weighted by Gasteiger charge is 2.14. The van der Waals surface area contributed by atoms with E-state index >= 15 is 0 Å². The number of benzene rings is 1. The zero-order valence-electron chi connectivity index (χ0n) is 12.2. The molecule has 1 aliphatic carbocycles. The first kappa shape index (κ1) is 14.3. The fourth-order valence-electron chi connectivity index (χ4n) is 3.09. The first-order chi connectivity index (χ1) is 9.16. The molecule has 0 heterocycles. The minimum absolute atomic E-state index is 0.374. The zero-order valence-corrected chi connectivity index (χ0v) is 12.2. The van der Waals surface area contributed by atoms with Gasteiger partial charge in [0, 0.05) is 0 Å². The quantitative estimate of drug-likeness (QED) is 0.764. The molecular formula is C18H26O. The number of aliphatic hydroxyl groups is 1. The van der Waals surface area contributed by atoms with Crippen molar-refractivity contribution in [1.82, 2.24) is 0 Å². The summed E-state index contributed by atoms with van der Waals surface area (Å²) in [4.78, 5) is 0. The third kappa shape index (κ3) is 4.21. The van der Waals surface area contributed by atoms with Gasteiger partial charge in [-0.25, -0.2) is 0 Å². The van der Waals surface area contributed by atoms with E-state index in [1.165, 1.54) is 49.7 Å². The van der Waals surface area contributed by atoms with Gasteiger partial charge in [-0.1, -0.05) is 56.0 Å². The van der Waals surface area contributed by atoms with Crippen LogP contribution in [0.5, 0.6) is 0 Å². The Morgan fingerprint density at radius 2 is 1.68 bits per heavy atom. The molecule has 1 fully saturated rings. The fourth-order valence-corrected chi connectivity index (χ4v) is 3.09. The van der Waals surface area contributed by atoms with Gasteiger partial charge in [0.05, 0.1) is 6.10 Å². The fraction of sp³-hybridized carbons (Fsp3) is 0.556. The van der Waals surface area contributed by atoms with Crippen molar-refractivity contribution in [1.29, 1.82) is 0 Å². The summed E-state index contributed by atoms with van der Waals surface area (Å²) >= 11 is 0. The maximum Gasteiger partial charge on any atom is 0.0698 e. The monoisotopic (exact) mass is 258 g/mol. The molecule has 1 atom stereocenters. The van der Waals surface area contributed by atoms with E-state index in [9.17, 15) is 5.11 Å². The predicted octanol–water partition coefficient (Wildman–Crippen LogP) is 4.91. The number of hydrogen-bond acceptors (Lipinski definition) is 1. The lowest BCUT2D eigenvalue weighted by Gasteiger charge is -2.15. The van der Waals surface area contributed by atoms with Gasteiger partial charge in [-0.05, 0) is 49.3 Å². The Morgan fingerprint density at radius 1 is 1.11 bits per heavy atom. The summed E-state index contributed by atoms with van der Waals surface area (Å²) in [5, 5.41) is 9.40. The van der Waals surface area contributed by atoms with Gasteiger partial charge in [0.1, 0.15) is 0 Å². The van der Waals surface area contributed by atoms with Crippen LogP contribution in [-0.2, 0) is 0 Å². The number of hydrogen-bond donors (Lipinski definition) is 1. The van der Waals surface area contributed by atoms with E-state index in [4.69, 9.17) is 0 Å². The number of allylic oxidation sites excluding steroid dienone is 1. The van der Waals surface area contributed by atoms with Crippen LogP contribution in [0.2, 0.25) is 0 Å². The molecule has 1 aromatic rings. The molecule has 0 amide bonds. The summed E-state index contributed by atoms with van der Waals surface area (Å²) in [5.74, 6) is 0.762. The van der Waals surface area contributed by atoms with Crippen LogP contribution in [0.3, 0.4) is 0 Å². The summed E-state index contributed by atoms with van der Waals surface area (Å²) in [6.45, 7) is 3.86. The number of aliphatic hydroxyl groups excluding tert-OH is 1. The lowest BCUT2D eigenvalue weighted by molar-refractivity contribution is 0.244. The summed E-state index contributed by atoms with van der Waals surface area (Å²) in [6.07, 6.45) is 9.81. The highest BCUT2D eigenvalue weighted by Crippen LogP contribution is 2.32. The maximum absolute atomic E-state index is 9.40. The highest BCUT2D eigenvalue weighted by atomic mass is 16.3. The first-order valence-corrected chi connectivity index (χ1v) is 7.63. The van der Waals surface area contributed by atoms with Crippen LogP contribution in [0.15, 0.2) is 30.3 Å². The highest BCUT2D eigenvalue weighted by molar-refractivity contribution is 5.64. The van der Waals surface area contributed by atoms with Gasteiger partial charge < -0.3 is 5.11 Å². The van der Waals surface area contributed by atoms with Gasteiger partial charge in [0.15, 0.2) is 0 Å². The standard InChI is InChI=1S/C18H26O/c1-14(13-15(2)19)16-9-11-18(12-10-16)17-7-5-3-4-6-8-17/h9-13,15,17,19H,3-8H2,1-2H3/b14-13-. The molecule has 1 N–H and O–H groups in total. The van der Waals surface area contributed by atoms with Crippen molar-refractivity contribution in [2.75, 3.05) is 0 Å². The van der Waals surface area contributed by atoms with Crippen molar-refractivity contribution in [2.45, 2.75) is 64.4 Å². The lowest BCUT2D eigenvalue weighted by Crippen LogP contribution is -1.98. The molecule has 0 saturated heterocycles. The lowest BCUT2D eigenvalue weighted by atomic mass is 9.90. The Morgan fingerprint density at radius 3 is 2.21 bits per heavy atom. The average Bonchev–Trinajstić information content (AvgIpc) is 2.67. The van der Waals surface area contributed by atoms with E-state index in [1.807, 2.05) is 6.08 Å². The van der Waals surface area contributed by atoms with Crippen LogP contribution in [0.1, 0.15) is 69.4 Å². The van der Waals surface area contributed by atoms with Gasteiger partial charge in [0.2, 0.25) is 0 Å². The molecule has 0 bridgehead atoms. The van der Waals surface area contributed by atoms with Crippen molar-refractivity contribution in [3.05, 3.63) is 41.5 Å². The second-order valence-corrected chi connectivity index (χ2v) is 5.90. The van der Waals surface area contributed by atoms with Crippen molar-refractivity contribution in [3.8, 4) is 0 Å². The predicted molar refractivity (Wildman–Crippen MR) is 82.2 cm³/mol. The molecule has 1 nitrogen and oxygen atoms in total. The Kier molecular flexibility index (Phi) is 5.21. The Bertz CT molecular complexity index is 406. The van der Waals surface area contributed by atoms with Gasteiger partial charge in [-0.3, -0.25) is 0 Å². The third-order valence-electron chi connectivity index (χ3n) is 4.18. The van der Waals surface area contributed by atoms with Crippen LogP contribution in [0.4, 0.5) is 0 Å². The van der Waals surface area contributed by atoms with Crippen molar-refractivity contribution in [3.63, 3.8) is 0 Å². The van der Waals surface area contributed by atoms with Gasteiger partial charge in [-0.15, -0.1) is 0 Å². The molecule has 1 aromatic carbocycles. The SMILES string of the molecule is C/C(=C/C(C)O)c1ccc(C2CCCCCC2)cc1. The Hall–Kier alpha value is -1.08. The molecule has 1 unspecified atom stereocenters. The van der Waals surface area contributed by atoms with E-state index in [0.29, 0.717) is 0 Å². The van der Waals surface area contributed by atoms with Gasteiger partial charge in [0.25, 0.3) is 0 Å². The summed E-state index contributed by atoms with van der Waals surface area (Å²) in [6, 6.07) is 8.97. The van der Waals surface area contributed by atoms with Crippen molar-refractivity contribution < 1.29 is 5.11 Å². The minimum atomic E-state index is -0.374. The van der Waals surface area contributed by atoms with E-state index in [2.05, 4.69) is 31.2 Å². The largest absolute Gasteiger partial charge is 0.389 e. The molecule has 1 heteroatoms. The van der Waals surface area contributed by atoms with Gasteiger partial charge >= 0.3 is 0 Å². The zero-order chi connectivity index (χ0) is 13.7. The van der Waals surface area contributed by atoms with Crippen molar-refractivity contribution in [2.24, 2.45) is 0 Å². The van der Waals surface area contributed by atoms with Crippen LogP contribution in [-0.4, -0.2) is 11.2 Å². The summed E-state index contributed by atoms with van der Waals surface area (Å²) in [5.41, 5.74) is 3.87. The van der Waals surface area contributed by atoms with Crippen LogP contribution in [0.25, 0.3) is 5.57 Å². The van der Waals surface area contributed by atoms with Crippen LogP contribution >= 0.6 is 0 Å². The topological polar surface area (TPSA) is 20.2 Å². The minimum Gasteiger partial charge on any atom is -0.389 e. The summed E-state index contributed by atoms with van der Waals surface area (Å²) in [7, 11) is 0. The second-order valence-electron chi connectivity index (χ2n) is 5.90. The molecule has 0 aliphatic heterocycles. The summed E-state index contributed by atoms with van der Waals surface area (Å²) < 4.78 is 0. The molecule has 104 valence electrons. The molecule has 0 spiro atoms. The molecule has 19 heavy (non-hydrogen) atoms. The molecule has 2 rings (SSSR count). The number of rotatable bonds is 3. The molecular weight excluding hydrogens is 232 g/mol. The van der Waals surface area contributed by atoms with E-state index in [-0.39, 0.29) is 6.10 Å². The van der Waals surface area contributed by atoms with Crippen LogP contribution < -0.4 is 0 Å².